The lowest BCUT2D eigenvalue weighted by atomic mass is 10.1. The number of para-hydroxylation sites is 1. The van der Waals surface area contributed by atoms with Crippen molar-refractivity contribution in [2.24, 2.45) is 0 Å². The van der Waals surface area contributed by atoms with Crippen molar-refractivity contribution in [2.45, 2.75) is 31.4 Å². The first-order valence-corrected chi connectivity index (χ1v) is 10.1. The number of likely N-dealkylation sites (tertiary alicyclic amines) is 1. The number of benzene rings is 1. The first kappa shape index (κ1) is 18.1. The normalized spacial score (nSPS) is 18.6. The summed E-state index contributed by atoms with van der Waals surface area (Å²) in [5, 5.41) is 3.09. The van der Waals surface area contributed by atoms with E-state index in [0.717, 1.165) is 49.1 Å². The zero-order chi connectivity index (χ0) is 18.6. The van der Waals surface area contributed by atoms with Crippen molar-refractivity contribution in [3.8, 4) is 5.75 Å². The number of esters is 1. The highest BCUT2D eigenvalue weighted by molar-refractivity contribution is 7.10. The summed E-state index contributed by atoms with van der Waals surface area (Å²) < 4.78 is 17.0. The summed E-state index contributed by atoms with van der Waals surface area (Å²) >= 11 is 1.69. The molecule has 0 aliphatic carbocycles. The molecule has 3 heterocycles. The van der Waals surface area contributed by atoms with E-state index in [1.165, 1.54) is 12.0 Å². The number of nitrogens with zero attached hydrogens (tertiary/aromatic N) is 1. The molecule has 0 radical (unpaired) electrons. The quantitative estimate of drug-likeness (QED) is 0.555. The zero-order valence-corrected chi connectivity index (χ0v) is 16.1. The molecule has 6 heteroatoms. The standard InChI is InChI=1S/C21H23NO4S/c1-24-21(23)16-6-3-11-22(16)12-9-17(19-8-4-14-27-19)26-18-7-2-5-15-10-13-25-20(15)18/h2,4-5,7-8,10,13-14,16-17H,3,6,9,11-12H2,1H3/t16?,17-/m0/s1. The maximum Gasteiger partial charge on any atom is 0.323 e. The molecule has 27 heavy (non-hydrogen) atoms. The minimum absolute atomic E-state index is 0.0837. The first-order valence-electron chi connectivity index (χ1n) is 9.24. The van der Waals surface area contributed by atoms with Crippen LogP contribution in [-0.4, -0.2) is 37.1 Å². The third-order valence-electron chi connectivity index (χ3n) is 5.09. The Morgan fingerprint density at radius 1 is 1.33 bits per heavy atom. The molecule has 0 amide bonds. The Morgan fingerprint density at radius 3 is 3.07 bits per heavy atom. The lowest BCUT2D eigenvalue weighted by Crippen LogP contribution is -2.38. The molecule has 1 unspecified atom stereocenters. The van der Waals surface area contributed by atoms with Crippen LogP contribution in [0.15, 0.2) is 52.5 Å². The number of carbonyl (C=O) groups is 1. The average molecular weight is 385 g/mol. The number of ether oxygens (including phenoxy) is 2. The van der Waals surface area contributed by atoms with Gasteiger partial charge in [-0.3, -0.25) is 9.69 Å². The number of thiophene rings is 1. The predicted octanol–water partition coefficient (Wildman–Crippen LogP) is 4.64. The summed E-state index contributed by atoms with van der Waals surface area (Å²) in [5.41, 5.74) is 0.771. The van der Waals surface area contributed by atoms with Gasteiger partial charge in [0.05, 0.1) is 13.4 Å². The van der Waals surface area contributed by atoms with Gasteiger partial charge in [0.25, 0.3) is 0 Å². The topological polar surface area (TPSA) is 51.9 Å². The lowest BCUT2D eigenvalue weighted by molar-refractivity contribution is -0.145. The van der Waals surface area contributed by atoms with Gasteiger partial charge in [0, 0.05) is 23.2 Å². The van der Waals surface area contributed by atoms with Crippen molar-refractivity contribution in [1.82, 2.24) is 4.90 Å². The second-order valence-electron chi connectivity index (χ2n) is 6.72. The number of furan rings is 1. The summed E-state index contributed by atoms with van der Waals surface area (Å²) in [5.74, 6) is 0.614. The molecule has 2 aromatic heterocycles. The molecular weight excluding hydrogens is 362 g/mol. The molecule has 0 N–H and O–H groups in total. The fraction of sp³-hybridized carbons (Fsp3) is 0.381. The van der Waals surface area contributed by atoms with E-state index in [2.05, 4.69) is 16.3 Å². The Labute approximate surface area is 162 Å². The minimum atomic E-state index is -0.138. The highest BCUT2D eigenvalue weighted by atomic mass is 32.1. The molecule has 142 valence electrons. The smallest absolute Gasteiger partial charge is 0.323 e. The highest BCUT2D eigenvalue weighted by Gasteiger charge is 2.32. The Morgan fingerprint density at radius 2 is 2.26 bits per heavy atom. The van der Waals surface area contributed by atoms with Crippen LogP contribution < -0.4 is 4.74 Å². The largest absolute Gasteiger partial charge is 0.481 e. The fourth-order valence-electron chi connectivity index (χ4n) is 3.73. The zero-order valence-electron chi connectivity index (χ0n) is 15.3. The molecule has 0 spiro atoms. The van der Waals surface area contributed by atoms with Crippen molar-refractivity contribution in [1.29, 1.82) is 0 Å². The second-order valence-corrected chi connectivity index (χ2v) is 7.70. The van der Waals surface area contributed by atoms with Crippen molar-refractivity contribution in [3.63, 3.8) is 0 Å². The van der Waals surface area contributed by atoms with Crippen LogP contribution in [-0.2, 0) is 9.53 Å². The third-order valence-corrected chi connectivity index (χ3v) is 6.05. The van der Waals surface area contributed by atoms with Crippen molar-refractivity contribution in [3.05, 3.63) is 52.9 Å². The molecule has 1 saturated heterocycles. The highest BCUT2D eigenvalue weighted by Crippen LogP contribution is 2.34. The maximum atomic E-state index is 12.0. The van der Waals surface area contributed by atoms with Crippen molar-refractivity contribution < 1.29 is 18.7 Å². The average Bonchev–Trinajstić information content (AvgIpc) is 3.45. The second kappa shape index (κ2) is 8.15. The molecule has 1 aliphatic heterocycles. The Bertz CT molecular complexity index is 889. The van der Waals surface area contributed by atoms with Gasteiger partial charge in [-0.05, 0) is 43.0 Å². The van der Waals surface area contributed by atoms with E-state index in [-0.39, 0.29) is 18.1 Å². The van der Waals surface area contributed by atoms with Crippen LogP contribution in [0.25, 0.3) is 11.0 Å². The van der Waals surface area contributed by atoms with Gasteiger partial charge < -0.3 is 13.9 Å². The molecule has 5 nitrogen and oxygen atoms in total. The van der Waals surface area contributed by atoms with Gasteiger partial charge in [0.1, 0.15) is 12.1 Å². The van der Waals surface area contributed by atoms with E-state index in [4.69, 9.17) is 13.9 Å². The Hall–Kier alpha value is -2.31. The Balaban J connectivity index is 1.50. The van der Waals surface area contributed by atoms with Gasteiger partial charge in [0.2, 0.25) is 0 Å². The van der Waals surface area contributed by atoms with Crippen molar-refractivity contribution >= 4 is 28.3 Å². The van der Waals surface area contributed by atoms with Crippen LogP contribution in [0.5, 0.6) is 5.75 Å². The molecule has 2 atom stereocenters. The van der Waals surface area contributed by atoms with E-state index in [1.807, 2.05) is 30.3 Å². The third kappa shape index (κ3) is 3.87. The molecule has 4 rings (SSSR count). The molecule has 3 aromatic rings. The first-order chi connectivity index (χ1) is 13.3. The summed E-state index contributed by atoms with van der Waals surface area (Å²) in [6.45, 7) is 1.71. The minimum Gasteiger partial charge on any atom is -0.481 e. The van der Waals surface area contributed by atoms with Gasteiger partial charge in [-0.2, -0.15) is 0 Å². The number of rotatable bonds is 7. The van der Waals surface area contributed by atoms with Gasteiger partial charge in [-0.25, -0.2) is 0 Å². The van der Waals surface area contributed by atoms with Crippen LogP contribution in [0.4, 0.5) is 0 Å². The number of fused-ring (bicyclic) bond motifs is 1. The van der Waals surface area contributed by atoms with Gasteiger partial charge in [0.15, 0.2) is 11.3 Å². The number of hydrogen-bond acceptors (Lipinski definition) is 6. The van der Waals surface area contributed by atoms with Crippen LogP contribution in [0.2, 0.25) is 0 Å². The molecule has 0 saturated carbocycles. The van der Waals surface area contributed by atoms with Crippen LogP contribution in [0.3, 0.4) is 0 Å². The molecule has 0 bridgehead atoms. The molecule has 1 aromatic carbocycles. The number of methoxy groups -OCH3 is 1. The molecular formula is C21H23NO4S. The molecule has 1 fully saturated rings. The fourth-order valence-corrected chi connectivity index (χ4v) is 4.51. The SMILES string of the molecule is COC(=O)C1CCCN1CC[C@H](Oc1cccc2ccoc12)c1cccs1. The van der Waals surface area contributed by atoms with Crippen LogP contribution >= 0.6 is 11.3 Å². The van der Waals surface area contributed by atoms with Crippen molar-refractivity contribution in [2.75, 3.05) is 20.2 Å². The lowest BCUT2D eigenvalue weighted by Gasteiger charge is -2.25. The summed E-state index contributed by atoms with van der Waals surface area (Å²) in [6.07, 6.45) is 4.28. The van der Waals surface area contributed by atoms with Crippen LogP contribution in [0, 0.1) is 0 Å². The number of carbonyl (C=O) groups excluding carboxylic acids is 1. The van der Waals surface area contributed by atoms with E-state index in [9.17, 15) is 4.79 Å². The van der Waals surface area contributed by atoms with E-state index >= 15 is 0 Å². The van der Waals surface area contributed by atoms with Gasteiger partial charge >= 0.3 is 5.97 Å². The number of hydrogen-bond donors (Lipinski definition) is 0. The Kier molecular flexibility index (Phi) is 5.45. The van der Waals surface area contributed by atoms with E-state index in [1.54, 1.807) is 17.6 Å². The summed E-state index contributed by atoms with van der Waals surface area (Å²) in [6, 6.07) is 11.9. The van der Waals surface area contributed by atoms with E-state index < -0.39 is 0 Å². The summed E-state index contributed by atoms with van der Waals surface area (Å²) in [4.78, 5) is 15.4. The van der Waals surface area contributed by atoms with Crippen LogP contribution in [0.1, 0.15) is 30.2 Å². The predicted molar refractivity (Wildman–Crippen MR) is 105 cm³/mol. The monoisotopic (exact) mass is 385 g/mol. The molecule has 1 aliphatic rings. The maximum absolute atomic E-state index is 12.0. The van der Waals surface area contributed by atoms with Gasteiger partial charge in [-0.15, -0.1) is 11.3 Å². The van der Waals surface area contributed by atoms with Gasteiger partial charge in [-0.1, -0.05) is 18.2 Å². The summed E-state index contributed by atoms with van der Waals surface area (Å²) in [7, 11) is 1.46. The van der Waals surface area contributed by atoms with E-state index in [0.29, 0.717) is 0 Å².